The molecule has 1 aromatic carbocycles. The van der Waals surface area contributed by atoms with Crippen molar-refractivity contribution in [1.29, 1.82) is 0 Å². The third-order valence-electron chi connectivity index (χ3n) is 4.23. The van der Waals surface area contributed by atoms with Crippen molar-refractivity contribution in [2.24, 2.45) is 0 Å². The van der Waals surface area contributed by atoms with Crippen LogP contribution >= 0.6 is 0 Å². The van der Waals surface area contributed by atoms with Crippen LogP contribution in [0.1, 0.15) is 25.8 Å². The highest BCUT2D eigenvalue weighted by molar-refractivity contribution is 6.07. The molecule has 0 unspecified atom stereocenters. The molecule has 1 fully saturated rings. The van der Waals surface area contributed by atoms with Gasteiger partial charge in [0.05, 0.1) is 6.42 Å². The van der Waals surface area contributed by atoms with E-state index in [0.717, 1.165) is 21.5 Å². The number of aromatic amines is 1. The molecule has 1 aliphatic rings. The molecule has 1 aliphatic heterocycles. The number of nitrogens with one attached hydrogen (secondary N) is 3. The second-order valence-electron chi connectivity index (χ2n) is 5.83. The molecule has 120 valence electrons. The van der Waals surface area contributed by atoms with Crippen molar-refractivity contribution in [1.82, 2.24) is 20.7 Å². The van der Waals surface area contributed by atoms with Gasteiger partial charge < -0.3 is 10.3 Å². The van der Waals surface area contributed by atoms with Crippen molar-refractivity contribution in [3.05, 3.63) is 36.0 Å². The van der Waals surface area contributed by atoms with Crippen molar-refractivity contribution >= 4 is 28.7 Å². The fourth-order valence-electron chi connectivity index (χ4n) is 2.64. The Morgan fingerprint density at radius 2 is 2.04 bits per heavy atom. The van der Waals surface area contributed by atoms with Crippen LogP contribution in [-0.2, 0) is 16.0 Å². The Bertz CT molecular complexity index is 797. The molecule has 0 radical (unpaired) electrons. The molecule has 2 aromatic rings. The van der Waals surface area contributed by atoms with Gasteiger partial charge in [0, 0.05) is 17.1 Å². The Kier molecular flexibility index (Phi) is 3.55. The lowest BCUT2D eigenvalue weighted by Crippen LogP contribution is -2.49. The fraction of sp³-hybridized carbons (Fsp3) is 0.312. The van der Waals surface area contributed by atoms with E-state index in [0.29, 0.717) is 6.42 Å². The van der Waals surface area contributed by atoms with Crippen molar-refractivity contribution in [3.8, 4) is 0 Å². The molecule has 1 aromatic heterocycles. The van der Waals surface area contributed by atoms with Crippen LogP contribution in [0.5, 0.6) is 0 Å². The first-order chi connectivity index (χ1) is 10.9. The Labute approximate surface area is 133 Å². The molecule has 0 bridgehead atoms. The highest BCUT2D eigenvalue weighted by atomic mass is 16.2. The molecule has 4 amide bonds. The van der Waals surface area contributed by atoms with Crippen LogP contribution in [0.15, 0.2) is 30.5 Å². The molecule has 0 aliphatic carbocycles. The van der Waals surface area contributed by atoms with E-state index in [4.69, 9.17) is 0 Å². The number of rotatable bonds is 4. The minimum absolute atomic E-state index is 0.0733. The van der Waals surface area contributed by atoms with Gasteiger partial charge in [-0.25, -0.2) is 4.79 Å². The van der Waals surface area contributed by atoms with Crippen LogP contribution in [0, 0.1) is 0 Å². The summed E-state index contributed by atoms with van der Waals surface area (Å²) in [6.45, 7) is 3.44. The van der Waals surface area contributed by atoms with Crippen molar-refractivity contribution in [2.45, 2.75) is 32.2 Å². The zero-order valence-electron chi connectivity index (χ0n) is 13.0. The van der Waals surface area contributed by atoms with Gasteiger partial charge in [0.15, 0.2) is 0 Å². The van der Waals surface area contributed by atoms with Gasteiger partial charge in [-0.1, -0.05) is 25.1 Å². The van der Waals surface area contributed by atoms with Crippen LogP contribution in [-0.4, -0.2) is 33.4 Å². The molecule has 7 nitrogen and oxygen atoms in total. The summed E-state index contributed by atoms with van der Waals surface area (Å²) >= 11 is 0. The number of H-pyrrole nitrogens is 1. The first-order valence-electron chi connectivity index (χ1n) is 7.46. The molecule has 7 heteroatoms. The number of imide groups is 1. The average Bonchev–Trinajstić information content (AvgIpc) is 3.03. The van der Waals surface area contributed by atoms with Crippen molar-refractivity contribution in [2.75, 3.05) is 0 Å². The first kappa shape index (κ1) is 15.1. The van der Waals surface area contributed by atoms with E-state index in [1.807, 2.05) is 24.3 Å². The molecule has 2 heterocycles. The normalized spacial score (nSPS) is 20.9. The second kappa shape index (κ2) is 5.42. The molecule has 1 atom stereocenters. The van der Waals surface area contributed by atoms with Gasteiger partial charge >= 0.3 is 6.03 Å². The predicted molar refractivity (Wildman–Crippen MR) is 84.2 cm³/mol. The van der Waals surface area contributed by atoms with Gasteiger partial charge in [0.25, 0.3) is 5.91 Å². The standard InChI is InChI=1S/C16H18N4O3/c1-3-16(2)14(22)20(15(23)18-16)19-13(21)8-10-9-17-12-7-5-4-6-11(10)12/h4-7,9,17H,3,8H2,1-2H3,(H,18,23)(H,19,21)/t16-/m0/s1. The quantitative estimate of drug-likeness (QED) is 0.746. The maximum Gasteiger partial charge on any atom is 0.344 e. The van der Waals surface area contributed by atoms with E-state index in [2.05, 4.69) is 15.7 Å². The molecule has 23 heavy (non-hydrogen) atoms. The Balaban J connectivity index is 1.73. The molecule has 0 saturated carbocycles. The van der Waals surface area contributed by atoms with Crippen LogP contribution < -0.4 is 10.7 Å². The molecule has 3 N–H and O–H groups in total. The van der Waals surface area contributed by atoms with Gasteiger partial charge in [0.2, 0.25) is 5.91 Å². The number of hydrogen-bond donors (Lipinski definition) is 3. The summed E-state index contributed by atoms with van der Waals surface area (Å²) in [5, 5.41) is 4.30. The van der Waals surface area contributed by atoms with Crippen LogP contribution in [0.4, 0.5) is 4.79 Å². The number of para-hydroxylation sites is 1. The summed E-state index contributed by atoms with van der Waals surface area (Å²) < 4.78 is 0. The number of aromatic nitrogens is 1. The predicted octanol–water partition coefficient (Wildman–Crippen LogP) is 1.46. The topological polar surface area (TPSA) is 94.3 Å². The van der Waals surface area contributed by atoms with Gasteiger partial charge in [-0.3, -0.25) is 15.0 Å². The number of nitrogens with zero attached hydrogens (tertiary/aromatic N) is 1. The number of hydrazine groups is 1. The highest BCUT2D eigenvalue weighted by Crippen LogP contribution is 2.20. The number of carbonyl (C=O) groups is 3. The van der Waals surface area contributed by atoms with Crippen LogP contribution in [0.25, 0.3) is 10.9 Å². The lowest BCUT2D eigenvalue weighted by molar-refractivity contribution is -0.138. The number of hydrogen-bond acceptors (Lipinski definition) is 3. The summed E-state index contributed by atoms with van der Waals surface area (Å²) in [6, 6.07) is 7.02. The molecular formula is C16H18N4O3. The van der Waals surface area contributed by atoms with E-state index in [1.165, 1.54) is 0 Å². The van der Waals surface area contributed by atoms with Crippen molar-refractivity contribution < 1.29 is 14.4 Å². The SMILES string of the molecule is CC[C@]1(C)NC(=O)N(NC(=O)Cc2c[nH]c3ccccc23)C1=O. The number of carbonyl (C=O) groups excluding carboxylic acids is 3. The largest absolute Gasteiger partial charge is 0.361 e. The van der Waals surface area contributed by atoms with Gasteiger partial charge in [-0.15, -0.1) is 0 Å². The smallest absolute Gasteiger partial charge is 0.344 e. The number of fused-ring (bicyclic) bond motifs is 1. The minimum atomic E-state index is -0.967. The Morgan fingerprint density at radius 1 is 1.30 bits per heavy atom. The summed E-state index contributed by atoms with van der Waals surface area (Å²) in [5.74, 6) is -0.865. The van der Waals surface area contributed by atoms with E-state index >= 15 is 0 Å². The maximum atomic E-state index is 12.2. The van der Waals surface area contributed by atoms with Gasteiger partial charge in [0.1, 0.15) is 5.54 Å². The summed E-state index contributed by atoms with van der Waals surface area (Å²) in [5.41, 5.74) is 3.17. The fourth-order valence-corrected chi connectivity index (χ4v) is 2.64. The summed E-state index contributed by atoms with van der Waals surface area (Å²) in [4.78, 5) is 39.4. The molecule has 3 rings (SSSR count). The lowest BCUT2D eigenvalue weighted by Gasteiger charge is -2.19. The lowest BCUT2D eigenvalue weighted by atomic mass is 10.00. The van der Waals surface area contributed by atoms with Crippen LogP contribution in [0.2, 0.25) is 0 Å². The molecule has 1 saturated heterocycles. The van der Waals surface area contributed by atoms with Crippen LogP contribution in [0.3, 0.4) is 0 Å². The number of urea groups is 1. The van der Waals surface area contributed by atoms with E-state index < -0.39 is 23.4 Å². The number of amides is 4. The number of benzene rings is 1. The zero-order valence-corrected chi connectivity index (χ0v) is 13.0. The second-order valence-corrected chi connectivity index (χ2v) is 5.83. The Morgan fingerprint density at radius 3 is 2.74 bits per heavy atom. The summed E-state index contributed by atoms with van der Waals surface area (Å²) in [6.07, 6.45) is 2.28. The molecular weight excluding hydrogens is 296 g/mol. The maximum absolute atomic E-state index is 12.2. The third-order valence-corrected chi connectivity index (χ3v) is 4.23. The van der Waals surface area contributed by atoms with Gasteiger partial charge in [-0.05, 0) is 25.0 Å². The average molecular weight is 314 g/mol. The van der Waals surface area contributed by atoms with E-state index in [9.17, 15) is 14.4 Å². The highest BCUT2D eigenvalue weighted by Gasteiger charge is 2.47. The third kappa shape index (κ3) is 2.54. The Hall–Kier alpha value is -2.83. The summed E-state index contributed by atoms with van der Waals surface area (Å²) in [7, 11) is 0. The van der Waals surface area contributed by atoms with Gasteiger partial charge in [-0.2, -0.15) is 5.01 Å². The first-order valence-corrected chi connectivity index (χ1v) is 7.46. The zero-order chi connectivity index (χ0) is 16.6. The minimum Gasteiger partial charge on any atom is -0.361 e. The van der Waals surface area contributed by atoms with Crippen molar-refractivity contribution in [3.63, 3.8) is 0 Å². The molecule has 0 spiro atoms. The monoisotopic (exact) mass is 314 g/mol. The van der Waals surface area contributed by atoms with E-state index in [-0.39, 0.29) is 6.42 Å². The van der Waals surface area contributed by atoms with E-state index in [1.54, 1.807) is 20.0 Å².